The number of rotatable bonds is 5. The first-order valence-electron chi connectivity index (χ1n) is 9.60. The van der Waals surface area contributed by atoms with Gasteiger partial charge in [-0.1, -0.05) is 82.4 Å². The summed E-state index contributed by atoms with van der Waals surface area (Å²) in [5, 5.41) is 0. The van der Waals surface area contributed by atoms with E-state index in [4.69, 9.17) is 4.74 Å². The van der Waals surface area contributed by atoms with Crippen molar-refractivity contribution in [3.8, 4) is 0 Å². The third-order valence-corrected chi connectivity index (χ3v) is 6.31. The summed E-state index contributed by atoms with van der Waals surface area (Å²) in [5.41, 5.74) is 2.42. The highest BCUT2D eigenvalue weighted by atomic mass is 79.9. The monoisotopic (exact) mass is 494 g/mol. The number of benzene rings is 2. The lowest BCUT2D eigenvalue weighted by Crippen LogP contribution is -2.39. The van der Waals surface area contributed by atoms with Crippen LogP contribution in [0, 0.1) is 0 Å². The van der Waals surface area contributed by atoms with Crippen LogP contribution in [0.25, 0.3) is 6.08 Å². The van der Waals surface area contributed by atoms with Crippen LogP contribution in [0.5, 0.6) is 0 Å². The molecule has 0 aliphatic carbocycles. The van der Waals surface area contributed by atoms with E-state index in [2.05, 4.69) is 27.5 Å². The van der Waals surface area contributed by atoms with Crippen LogP contribution in [-0.2, 0) is 9.53 Å². The van der Waals surface area contributed by atoms with Gasteiger partial charge >= 0.3 is 5.97 Å². The number of hydrogen-bond donors (Lipinski definition) is 0. The maximum atomic E-state index is 13.5. The molecule has 31 heavy (non-hydrogen) atoms. The van der Waals surface area contributed by atoms with E-state index >= 15 is 0 Å². The van der Waals surface area contributed by atoms with Crippen LogP contribution in [0.1, 0.15) is 24.1 Å². The molecule has 0 spiro atoms. The largest absolute Gasteiger partial charge is 0.458 e. The van der Waals surface area contributed by atoms with E-state index in [1.807, 2.05) is 60.7 Å². The summed E-state index contributed by atoms with van der Waals surface area (Å²) in [6, 6.07) is 16.6. The van der Waals surface area contributed by atoms with Crippen molar-refractivity contribution in [1.29, 1.82) is 0 Å². The molecule has 0 radical (unpaired) electrons. The first-order chi connectivity index (χ1) is 15.0. The molecule has 2 heterocycles. The summed E-state index contributed by atoms with van der Waals surface area (Å²) in [7, 11) is 0. The number of carbonyl (C=O) groups is 1. The second kappa shape index (κ2) is 8.99. The van der Waals surface area contributed by atoms with Crippen LogP contribution < -0.4 is 14.9 Å². The third-order valence-electron chi connectivity index (χ3n) is 4.84. The smallest absolute Gasteiger partial charge is 0.338 e. The number of fused-ring (bicyclic) bond motifs is 1. The Morgan fingerprint density at radius 2 is 2.03 bits per heavy atom. The number of carbonyl (C=O) groups excluding carboxylic acids is 1. The first-order valence-corrected chi connectivity index (χ1v) is 11.2. The zero-order chi connectivity index (χ0) is 22.0. The molecule has 0 saturated heterocycles. The number of esters is 1. The van der Waals surface area contributed by atoms with Gasteiger partial charge in [0.05, 0.1) is 21.8 Å². The van der Waals surface area contributed by atoms with Gasteiger partial charge in [-0.15, -0.1) is 0 Å². The molecule has 3 aromatic rings. The zero-order valence-electron chi connectivity index (χ0n) is 16.7. The molecule has 1 atom stereocenters. The van der Waals surface area contributed by atoms with Crippen molar-refractivity contribution >= 4 is 39.3 Å². The maximum absolute atomic E-state index is 13.5. The topological polar surface area (TPSA) is 60.7 Å². The Kier molecular flexibility index (Phi) is 6.15. The van der Waals surface area contributed by atoms with Gasteiger partial charge in [0.25, 0.3) is 5.56 Å². The fourth-order valence-corrected chi connectivity index (χ4v) is 4.96. The fourth-order valence-electron chi connectivity index (χ4n) is 3.49. The molecule has 5 nitrogen and oxygen atoms in total. The number of ether oxygens (including phenoxy) is 1. The predicted molar refractivity (Wildman–Crippen MR) is 126 cm³/mol. The van der Waals surface area contributed by atoms with Crippen molar-refractivity contribution in [3.05, 3.63) is 114 Å². The van der Waals surface area contributed by atoms with Crippen molar-refractivity contribution in [1.82, 2.24) is 4.57 Å². The van der Waals surface area contributed by atoms with Gasteiger partial charge in [0.2, 0.25) is 0 Å². The van der Waals surface area contributed by atoms with Crippen LogP contribution in [0.15, 0.2) is 92.8 Å². The molecule has 0 bridgehead atoms. The van der Waals surface area contributed by atoms with Gasteiger partial charge in [-0.2, -0.15) is 0 Å². The molecular formula is C24H19BrN2O3S. The second-order valence-electron chi connectivity index (χ2n) is 6.93. The lowest BCUT2D eigenvalue weighted by atomic mass is 9.96. The maximum Gasteiger partial charge on any atom is 0.338 e. The van der Waals surface area contributed by atoms with Crippen molar-refractivity contribution in [3.63, 3.8) is 0 Å². The molecule has 1 aliphatic heterocycles. The fraction of sp³-hybridized carbons (Fsp3) is 0.125. The zero-order valence-corrected chi connectivity index (χ0v) is 19.2. The van der Waals surface area contributed by atoms with Crippen LogP contribution in [0.2, 0.25) is 0 Å². The number of hydrogen-bond acceptors (Lipinski definition) is 5. The molecule has 0 fully saturated rings. The van der Waals surface area contributed by atoms with Crippen molar-refractivity contribution in [2.24, 2.45) is 4.99 Å². The minimum atomic E-state index is -0.612. The normalized spacial score (nSPS) is 15.9. The highest BCUT2D eigenvalue weighted by Crippen LogP contribution is 2.30. The van der Waals surface area contributed by atoms with E-state index in [1.54, 1.807) is 11.5 Å². The summed E-state index contributed by atoms with van der Waals surface area (Å²) in [6.45, 7) is 5.45. The SMILES string of the molecule is C=CCOC(=O)C1=C(C)N=c2s/c(=C\c3cccc(Br)c3)c(=O)n2[C@@H]1c1ccccc1. The third kappa shape index (κ3) is 4.24. The molecule has 0 saturated carbocycles. The number of aromatic nitrogens is 1. The quantitative estimate of drug-likeness (QED) is 0.401. The Labute approximate surface area is 191 Å². The minimum Gasteiger partial charge on any atom is -0.458 e. The molecule has 2 aromatic carbocycles. The Hall–Kier alpha value is -3.03. The average molecular weight is 495 g/mol. The molecule has 0 amide bonds. The van der Waals surface area contributed by atoms with Crippen LogP contribution >= 0.6 is 27.3 Å². The van der Waals surface area contributed by atoms with Gasteiger partial charge in [0.15, 0.2) is 4.80 Å². The highest BCUT2D eigenvalue weighted by Gasteiger charge is 2.33. The van der Waals surface area contributed by atoms with Crippen molar-refractivity contribution in [2.75, 3.05) is 6.61 Å². The predicted octanol–water partition coefficient (Wildman–Crippen LogP) is 3.73. The van der Waals surface area contributed by atoms with Crippen LogP contribution in [-0.4, -0.2) is 17.1 Å². The summed E-state index contributed by atoms with van der Waals surface area (Å²) in [6.07, 6.45) is 3.35. The number of thiazole rings is 1. The number of halogens is 1. The first kappa shape index (κ1) is 21.2. The van der Waals surface area contributed by atoms with Crippen molar-refractivity contribution in [2.45, 2.75) is 13.0 Å². The van der Waals surface area contributed by atoms with Gasteiger partial charge in [0, 0.05) is 4.47 Å². The van der Waals surface area contributed by atoms with E-state index in [9.17, 15) is 9.59 Å². The lowest BCUT2D eigenvalue weighted by Gasteiger charge is -2.24. The van der Waals surface area contributed by atoms with E-state index in [0.29, 0.717) is 20.6 Å². The second-order valence-corrected chi connectivity index (χ2v) is 8.86. The Bertz CT molecular complexity index is 1370. The van der Waals surface area contributed by atoms with E-state index in [0.717, 1.165) is 15.6 Å². The number of allylic oxidation sites excluding steroid dienone is 1. The number of nitrogens with zero attached hydrogens (tertiary/aromatic N) is 2. The van der Waals surface area contributed by atoms with Crippen LogP contribution in [0.3, 0.4) is 0 Å². The highest BCUT2D eigenvalue weighted by molar-refractivity contribution is 9.10. The summed E-state index contributed by atoms with van der Waals surface area (Å²) < 4.78 is 8.39. The lowest BCUT2D eigenvalue weighted by molar-refractivity contribution is -0.138. The van der Waals surface area contributed by atoms with Gasteiger partial charge in [-0.3, -0.25) is 9.36 Å². The summed E-state index contributed by atoms with van der Waals surface area (Å²) in [4.78, 5) is 31.5. The standard InChI is InChI=1S/C24H19BrN2O3S/c1-3-12-30-23(29)20-15(2)26-24-27(21(20)17-9-5-4-6-10-17)22(28)19(31-24)14-16-8-7-11-18(25)13-16/h3-11,13-14,21H,1,12H2,2H3/b19-14-/t21-/m1/s1. The van der Waals surface area contributed by atoms with E-state index < -0.39 is 12.0 Å². The van der Waals surface area contributed by atoms with Crippen LogP contribution in [0.4, 0.5) is 0 Å². The molecule has 1 aliphatic rings. The molecular weight excluding hydrogens is 476 g/mol. The van der Waals surface area contributed by atoms with Gasteiger partial charge in [-0.05, 0) is 36.3 Å². The Balaban J connectivity index is 1.93. The Morgan fingerprint density at radius 3 is 2.74 bits per heavy atom. The average Bonchev–Trinajstić information content (AvgIpc) is 3.06. The van der Waals surface area contributed by atoms with E-state index in [-0.39, 0.29) is 12.2 Å². The molecule has 7 heteroatoms. The van der Waals surface area contributed by atoms with E-state index in [1.165, 1.54) is 17.4 Å². The molecule has 0 N–H and O–H groups in total. The minimum absolute atomic E-state index is 0.0877. The van der Waals surface area contributed by atoms with Gasteiger partial charge in [-0.25, -0.2) is 9.79 Å². The Morgan fingerprint density at radius 1 is 1.26 bits per heavy atom. The van der Waals surface area contributed by atoms with Crippen molar-refractivity contribution < 1.29 is 9.53 Å². The molecule has 4 rings (SSSR count). The molecule has 0 unspecified atom stereocenters. The molecule has 156 valence electrons. The summed E-state index contributed by atoms with van der Waals surface area (Å²) in [5.74, 6) is -0.503. The van der Waals surface area contributed by atoms with Gasteiger partial charge < -0.3 is 4.74 Å². The molecule has 1 aromatic heterocycles. The van der Waals surface area contributed by atoms with Gasteiger partial charge in [0.1, 0.15) is 6.61 Å². The summed E-state index contributed by atoms with van der Waals surface area (Å²) >= 11 is 4.77.